The lowest BCUT2D eigenvalue weighted by atomic mass is 10.1. The molecule has 0 spiro atoms. The molecule has 0 amide bonds. The van der Waals surface area contributed by atoms with Gasteiger partial charge in [-0.15, -0.1) is 0 Å². The number of ether oxygens (including phenoxy) is 1. The van der Waals surface area contributed by atoms with Gasteiger partial charge in [0, 0.05) is 20.9 Å². The Labute approximate surface area is 218 Å². The summed E-state index contributed by atoms with van der Waals surface area (Å²) in [6.45, 7) is 3.60. The number of benzene rings is 3. The van der Waals surface area contributed by atoms with Gasteiger partial charge in [0.2, 0.25) is 0 Å². The smallest absolute Gasteiger partial charge is 0.312 e. The molecule has 186 valence electrons. The van der Waals surface area contributed by atoms with Crippen LogP contribution >= 0.6 is 11.8 Å². The summed E-state index contributed by atoms with van der Waals surface area (Å²) < 4.78 is 7.09. The average molecular weight is 513 g/mol. The number of ketones is 1. The predicted molar refractivity (Wildman–Crippen MR) is 144 cm³/mol. The van der Waals surface area contributed by atoms with E-state index in [9.17, 15) is 14.9 Å². The molecule has 1 aliphatic rings. The molecule has 1 aliphatic heterocycles. The van der Waals surface area contributed by atoms with Crippen molar-refractivity contribution in [3.8, 4) is 5.75 Å². The molecule has 0 atom stereocenters. The van der Waals surface area contributed by atoms with Gasteiger partial charge in [0.15, 0.2) is 5.78 Å². The Balaban J connectivity index is 1.36. The molecule has 5 rings (SSSR count). The first kappa shape index (κ1) is 24.3. The molecular weight excluding hydrogens is 488 g/mol. The van der Waals surface area contributed by atoms with Crippen LogP contribution in [0.4, 0.5) is 17.1 Å². The number of rotatable bonds is 7. The van der Waals surface area contributed by atoms with E-state index in [2.05, 4.69) is 16.5 Å². The number of hydrogen-bond acceptors (Lipinski definition) is 7. The maximum absolute atomic E-state index is 13.0. The molecule has 9 heteroatoms. The summed E-state index contributed by atoms with van der Waals surface area (Å²) in [4.78, 5) is 26.2. The van der Waals surface area contributed by atoms with E-state index in [1.165, 1.54) is 0 Å². The number of fused-ring (bicyclic) bond motifs is 2. The van der Waals surface area contributed by atoms with Gasteiger partial charge >= 0.3 is 5.69 Å². The number of allylic oxidation sites excluding steroid dienone is 1. The molecule has 1 N–H and O–H groups in total. The van der Waals surface area contributed by atoms with Crippen molar-refractivity contribution in [1.82, 2.24) is 9.78 Å². The van der Waals surface area contributed by atoms with Gasteiger partial charge < -0.3 is 10.1 Å². The summed E-state index contributed by atoms with van der Waals surface area (Å²) in [5.74, 6) is 0.525. The second-order valence-electron chi connectivity index (χ2n) is 8.64. The molecule has 8 nitrogen and oxygen atoms in total. The Morgan fingerprint density at radius 2 is 1.89 bits per heavy atom. The first-order chi connectivity index (χ1) is 17.8. The molecule has 4 aromatic rings. The van der Waals surface area contributed by atoms with Crippen molar-refractivity contribution in [2.45, 2.75) is 30.2 Å². The Bertz CT molecular complexity index is 1570. The third-order valence-electron chi connectivity index (χ3n) is 6.22. The van der Waals surface area contributed by atoms with Crippen molar-refractivity contribution in [3.05, 3.63) is 105 Å². The first-order valence-corrected chi connectivity index (χ1v) is 12.4. The van der Waals surface area contributed by atoms with E-state index >= 15 is 0 Å². The van der Waals surface area contributed by atoms with Crippen molar-refractivity contribution in [2.75, 3.05) is 12.4 Å². The van der Waals surface area contributed by atoms with Crippen LogP contribution in [0.5, 0.6) is 5.75 Å². The molecule has 0 saturated carbocycles. The number of anilines is 2. The molecule has 0 saturated heterocycles. The highest BCUT2D eigenvalue weighted by Crippen LogP contribution is 2.44. The minimum atomic E-state index is -0.413. The van der Waals surface area contributed by atoms with Crippen LogP contribution in [0.1, 0.15) is 32.9 Å². The highest BCUT2D eigenvalue weighted by Gasteiger charge is 2.22. The Morgan fingerprint density at radius 1 is 1.11 bits per heavy atom. The zero-order valence-electron chi connectivity index (χ0n) is 20.5. The number of methoxy groups -OCH3 is 1. The highest BCUT2D eigenvalue weighted by molar-refractivity contribution is 7.99. The normalized spacial score (nSPS) is 12.1. The van der Waals surface area contributed by atoms with Crippen LogP contribution in [0.25, 0.3) is 6.08 Å². The summed E-state index contributed by atoms with van der Waals surface area (Å²) in [5, 5.41) is 19.1. The van der Waals surface area contributed by atoms with Crippen molar-refractivity contribution in [3.63, 3.8) is 0 Å². The van der Waals surface area contributed by atoms with Gasteiger partial charge in [0.05, 0.1) is 30.0 Å². The summed E-state index contributed by atoms with van der Waals surface area (Å²) in [6.07, 6.45) is 3.30. The molecule has 0 aliphatic carbocycles. The van der Waals surface area contributed by atoms with Crippen LogP contribution in [0.3, 0.4) is 0 Å². The van der Waals surface area contributed by atoms with Gasteiger partial charge in [-0.3, -0.25) is 19.6 Å². The minimum Gasteiger partial charge on any atom is -0.496 e. The maximum atomic E-state index is 13.0. The molecule has 0 radical (unpaired) electrons. The Kier molecular flexibility index (Phi) is 6.54. The van der Waals surface area contributed by atoms with E-state index < -0.39 is 4.92 Å². The Hall–Kier alpha value is -4.37. The van der Waals surface area contributed by atoms with Crippen molar-refractivity contribution >= 4 is 40.7 Å². The van der Waals surface area contributed by atoms with E-state index in [1.807, 2.05) is 54.6 Å². The van der Waals surface area contributed by atoms with E-state index in [0.717, 1.165) is 32.3 Å². The topological polar surface area (TPSA) is 99.3 Å². The van der Waals surface area contributed by atoms with E-state index in [0.29, 0.717) is 29.2 Å². The summed E-state index contributed by atoms with van der Waals surface area (Å²) in [6, 6.07) is 19.3. The molecule has 0 fully saturated rings. The molecule has 1 aromatic heterocycles. The monoisotopic (exact) mass is 512 g/mol. The number of nitro groups is 1. The molecule has 3 aromatic carbocycles. The number of para-hydroxylation sites is 1. The number of aryl methyl sites for hydroxylation is 1. The number of aromatic nitrogens is 2. The van der Waals surface area contributed by atoms with Crippen LogP contribution in [0.15, 0.2) is 76.5 Å². The molecular formula is C28H24N4O4S. The fourth-order valence-corrected chi connectivity index (χ4v) is 5.32. The third kappa shape index (κ3) is 4.85. The summed E-state index contributed by atoms with van der Waals surface area (Å²) in [7, 11) is 1.57. The number of carbonyl (C=O) groups is 1. The largest absolute Gasteiger partial charge is 0.496 e. The number of nitrogens with one attached hydrogen (secondary N) is 1. The lowest BCUT2D eigenvalue weighted by Gasteiger charge is -2.20. The maximum Gasteiger partial charge on any atom is 0.312 e. The van der Waals surface area contributed by atoms with E-state index in [4.69, 9.17) is 4.74 Å². The standard InChI is InChI=1S/C28H24N4O4S/c1-17-28(32(34)35)18(2)31(30-17)16-21-14-19(9-12-25(21)36-3)8-11-24(33)20-10-13-27-23(15-20)29-22-6-4-5-7-26(22)37-27/h4-15,29H,16H2,1-3H3/b11-8+. The zero-order chi connectivity index (χ0) is 26.1. The first-order valence-electron chi connectivity index (χ1n) is 11.6. The van der Waals surface area contributed by atoms with E-state index in [-0.39, 0.29) is 11.5 Å². The highest BCUT2D eigenvalue weighted by atomic mass is 32.2. The van der Waals surface area contributed by atoms with Crippen LogP contribution in [0, 0.1) is 24.0 Å². The Morgan fingerprint density at radius 3 is 2.65 bits per heavy atom. The fourth-order valence-electron chi connectivity index (χ4n) is 4.35. The molecule has 0 unspecified atom stereocenters. The quantitative estimate of drug-likeness (QED) is 0.114. The van der Waals surface area contributed by atoms with Gasteiger partial charge in [-0.2, -0.15) is 5.10 Å². The van der Waals surface area contributed by atoms with Gasteiger partial charge in [-0.25, -0.2) is 0 Å². The second kappa shape index (κ2) is 9.94. The SMILES string of the molecule is COc1ccc(/C=C/C(=O)c2ccc3c(c2)Nc2ccccc2S3)cc1Cn1nc(C)c([N+](=O)[O-])c1C. The number of carbonyl (C=O) groups excluding carboxylic acids is 1. The molecule has 2 heterocycles. The van der Waals surface area contributed by atoms with Gasteiger partial charge in [0.1, 0.15) is 17.1 Å². The van der Waals surface area contributed by atoms with E-state index in [1.54, 1.807) is 49.6 Å². The third-order valence-corrected chi connectivity index (χ3v) is 7.37. The minimum absolute atomic E-state index is 0.0158. The van der Waals surface area contributed by atoms with Gasteiger partial charge in [0.25, 0.3) is 0 Å². The lowest BCUT2D eigenvalue weighted by Crippen LogP contribution is -2.06. The lowest BCUT2D eigenvalue weighted by molar-refractivity contribution is -0.386. The zero-order valence-corrected chi connectivity index (χ0v) is 21.3. The van der Waals surface area contributed by atoms with Gasteiger partial charge in [-0.05, 0) is 68.0 Å². The predicted octanol–water partition coefficient (Wildman–Crippen LogP) is 6.57. The van der Waals surface area contributed by atoms with Crippen molar-refractivity contribution < 1.29 is 14.5 Å². The second-order valence-corrected chi connectivity index (χ2v) is 9.72. The van der Waals surface area contributed by atoms with Crippen molar-refractivity contribution in [2.24, 2.45) is 0 Å². The average Bonchev–Trinajstić information content (AvgIpc) is 3.18. The van der Waals surface area contributed by atoms with Crippen LogP contribution in [-0.4, -0.2) is 27.6 Å². The van der Waals surface area contributed by atoms with Crippen LogP contribution in [-0.2, 0) is 6.54 Å². The number of nitrogens with zero attached hydrogens (tertiary/aromatic N) is 3. The number of hydrogen-bond donors (Lipinski definition) is 1. The van der Waals surface area contributed by atoms with Crippen molar-refractivity contribution in [1.29, 1.82) is 0 Å². The summed E-state index contributed by atoms with van der Waals surface area (Å²) >= 11 is 1.68. The molecule has 37 heavy (non-hydrogen) atoms. The van der Waals surface area contributed by atoms with Crippen LogP contribution in [0.2, 0.25) is 0 Å². The van der Waals surface area contributed by atoms with Crippen LogP contribution < -0.4 is 10.1 Å². The van der Waals surface area contributed by atoms with Gasteiger partial charge in [-0.1, -0.05) is 36.0 Å². The molecule has 0 bridgehead atoms. The fraction of sp³-hybridized carbons (Fsp3) is 0.143. The summed E-state index contributed by atoms with van der Waals surface area (Å²) in [5.41, 5.74) is 4.99.